The van der Waals surface area contributed by atoms with Gasteiger partial charge in [-0.05, 0) is 83.9 Å². The molecule has 6 nitrogen and oxygen atoms in total. The highest BCUT2D eigenvalue weighted by atomic mass is 19.1. The predicted octanol–water partition coefficient (Wildman–Crippen LogP) is 6.34. The maximum atomic E-state index is 13.2. The summed E-state index contributed by atoms with van der Waals surface area (Å²) in [7, 11) is 0. The number of rotatable bonds is 2. The van der Waals surface area contributed by atoms with Crippen LogP contribution >= 0.6 is 0 Å². The van der Waals surface area contributed by atoms with Gasteiger partial charge in [-0.15, -0.1) is 5.06 Å². The molecule has 176 valence electrons. The fourth-order valence-electron chi connectivity index (χ4n) is 2.60. The molecule has 0 saturated carbocycles. The summed E-state index contributed by atoms with van der Waals surface area (Å²) in [4.78, 5) is 30.0. The lowest BCUT2D eigenvalue weighted by molar-refractivity contribution is -0.144. The lowest BCUT2D eigenvalue weighted by Gasteiger charge is -2.28. The Labute approximate surface area is 194 Å². The standard InChI is InChI=1S/C26H30FNO5/c1-18(28(23(29)31-25(2,3)4)33-24(30)32-26(5,6)7)11-12-19-9-8-10-21(17-19)20-13-15-22(27)16-14-20/h8-10,13-18H,1-7H3/t18-/m0/s1. The zero-order chi connectivity index (χ0) is 24.8. The first-order chi connectivity index (χ1) is 15.2. The van der Waals surface area contributed by atoms with Crippen LogP contribution in [0.1, 0.15) is 54.0 Å². The van der Waals surface area contributed by atoms with Crippen LogP contribution in [-0.4, -0.2) is 34.6 Å². The van der Waals surface area contributed by atoms with Gasteiger partial charge in [-0.2, -0.15) is 0 Å². The summed E-state index contributed by atoms with van der Waals surface area (Å²) in [5.41, 5.74) is 0.778. The van der Waals surface area contributed by atoms with E-state index in [1.807, 2.05) is 18.2 Å². The van der Waals surface area contributed by atoms with E-state index in [0.717, 1.165) is 16.2 Å². The van der Waals surface area contributed by atoms with Crippen LogP contribution in [0.25, 0.3) is 11.1 Å². The molecule has 0 aliphatic heterocycles. The van der Waals surface area contributed by atoms with Crippen molar-refractivity contribution in [2.24, 2.45) is 0 Å². The number of hydrogen-bond donors (Lipinski definition) is 0. The molecule has 7 heteroatoms. The highest BCUT2D eigenvalue weighted by Crippen LogP contribution is 2.21. The summed E-state index contributed by atoms with van der Waals surface area (Å²) >= 11 is 0. The quantitative estimate of drug-likeness (QED) is 0.300. The SMILES string of the molecule is C[C@@H](C#Cc1cccc(-c2ccc(F)cc2)c1)N(OC(=O)OC(C)(C)C)C(=O)OC(C)(C)C. The third kappa shape index (κ3) is 8.85. The topological polar surface area (TPSA) is 65.1 Å². The molecular weight excluding hydrogens is 425 g/mol. The minimum atomic E-state index is -1.04. The molecule has 1 atom stereocenters. The molecule has 0 N–H and O–H groups in total. The molecule has 0 aliphatic carbocycles. The van der Waals surface area contributed by atoms with Gasteiger partial charge in [0.1, 0.15) is 23.1 Å². The normalized spacial score (nSPS) is 12.1. The van der Waals surface area contributed by atoms with Crippen molar-refractivity contribution < 1.29 is 28.3 Å². The van der Waals surface area contributed by atoms with Crippen LogP contribution < -0.4 is 0 Å². The van der Waals surface area contributed by atoms with Gasteiger partial charge in [-0.25, -0.2) is 14.0 Å². The van der Waals surface area contributed by atoms with Crippen molar-refractivity contribution in [2.75, 3.05) is 0 Å². The first kappa shape index (κ1) is 25.7. The molecule has 2 aromatic carbocycles. The van der Waals surface area contributed by atoms with Crippen molar-refractivity contribution in [2.45, 2.75) is 65.7 Å². The Morgan fingerprint density at radius 1 is 0.909 bits per heavy atom. The van der Waals surface area contributed by atoms with Crippen LogP contribution in [0.5, 0.6) is 0 Å². The zero-order valence-electron chi connectivity index (χ0n) is 20.1. The molecule has 2 aromatic rings. The fourth-order valence-corrected chi connectivity index (χ4v) is 2.60. The van der Waals surface area contributed by atoms with Crippen molar-refractivity contribution in [3.8, 4) is 23.0 Å². The summed E-state index contributed by atoms with van der Waals surface area (Å²) in [5, 5.41) is 0.760. The predicted molar refractivity (Wildman–Crippen MR) is 124 cm³/mol. The van der Waals surface area contributed by atoms with Gasteiger partial charge in [-0.3, -0.25) is 4.84 Å². The van der Waals surface area contributed by atoms with Crippen LogP contribution in [-0.2, 0) is 14.3 Å². The number of hydrogen-bond acceptors (Lipinski definition) is 5. The van der Waals surface area contributed by atoms with Crippen LogP contribution in [0.3, 0.4) is 0 Å². The van der Waals surface area contributed by atoms with E-state index >= 15 is 0 Å². The highest BCUT2D eigenvalue weighted by Gasteiger charge is 2.31. The van der Waals surface area contributed by atoms with E-state index in [1.165, 1.54) is 12.1 Å². The minimum absolute atomic E-state index is 0.309. The van der Waals surface area contributed by atoms with E-state index in [9.17, 15) is 14.0 Å². The zero-order valence-corrected chi connectivity index (χ0v) is 20.1. The summed E-state index contributed by atoms with van der Waals surface area (Å²) < 4.78 is 23.7. The molecule has 0 spiro atoms. The molecule has 0 radical (unpaired) electrons. The lowest BCUT2D eigenvalue weighted by atomic mass is 10.0. The number of ether oxygens (including phenoxy) is 2. The van der Waals surface area contributed by atoms with E-state index in [1.54, 1.807) is 66.7 Å². The van der Waals surface area contributed by atoms with E-state index in [2.05, 4.69) is 11.8 Å². The van der Waals surface area contributed by atoms with Gasteiger partial charge in [0.25, 0.3) is 0 Å². The van der Waals surface area contributed by atoms with Crippen molar-refractivity contribution in [3.05, 3.63) is 59.9 Å². The maximum absolute atomic E-state index is 13.2. The van der Waals surface area contributed by atoms with E-state index in [0.29, 0.717) is 5.56 Å². The first-order valence-electron chi connectivity index (χ1n) is 10.5. The molecule has 0 bridgehead atoms. The molecule has 0 saturated heterocycles. The number of amides is 1. The Kier molecular flexibility index (Phi) is 8.10. The maximum Gasteiger partial charge on any atom is 0.534 e. The lowest BCUT2D eigenvalue weighted by Crippen LogP contribution is -2.43. The van der Waals surface area contributed by atoms with Gasteiger partial charge in [0, 0.05) is 5.56 Å². The van der Waals surface area contributed by atoms with Crippen molar-refractivity contribution in [1.29, 1.82) is 0 Å². The number of benzene rings is 2. The summed E-state index contributed by atoms with van der Waals surface area (Å²) in [5.74, 6) is 5.57. The fraction of sp³-hybridized carbons (Fsp3) is 0.385. The highest BCUT2D eigenvalue weighted by molar-refractivity contribution is 5.71. The van der Waals surface area contributed by atoms with Gasteiger partial charge in [0.15, 0.2) is 0 Å². The number of hydroxylamine groups is 2. The van der Waals surface area contributed by atoms with Crippen molar-refractivity contribution in [1.82, 2.24) is 5.06 Å². The van der Waals surface area contributed by atoms with Gasteiger partial charge in [-0.1, -0.05) is 36.1 Å². The Balaban J connectivity index is 2.25. The molecule has 33 heavy (non-hydrogen) atoms. The molecule has 0 unspecified atom stereocenters. The average Bonchev–Trinajstić information content (AvgIpc) is 2.68. The summed E-state index contributed by atoms with van der Waals surface area (Å²) in [6, 6.07) is 12.7. The van der Waals surface area contributed by atoms with Gasteiger partial charge in [0.05, 0.1) is 0 Å². The van der Waals surface area contributed by atoms with Gasteiger partial charge < -0.3 is 9.47 Å². The van der Waals surface area contributed by atoms with Crippen LogP contribution in [0.2, 0.25) is 0 Å². The van der Waals surface area contributed by atoms with Crippen LogP contribution in [0.15, 0.2) is 48.5 Å². The number of carbonyl (C=O) groups is 2. The molecule has 0 heterocycles. The number of halogens is 1. The second kappa shape index (κ2) is 10.4. The van der Waals surface area contributed by atoms with Crippen molar-refractivity contribution in [3.63, 3.8) is 0 Å². The Hall–Kier alpha value is -3.53. The minimum Gasteiger partial charge on any atom is -0.442 e. The Morgan fingerprint density at radius 3 is 2.09 bits per heavy atom. The first-order valence-corrected chi connectivity index (χ1v) is 10.5. The average molecular weight is 456 g/mol. The largest absolute Gasteiger partial charge is 0.534 e. The molecular formula is C26H30FNO5. The van der Waals surface area contributed by atoms with E-state index < -0.39 is 29.5 Å². The Morgan fingerprint density at radius 2 is 1.52 bits per heavy atom. The molecule has 2 rings (SSSR count). The van der Waals surface area contributed by atoms with Gasteiger partial charge >= 0.3 is 12.2 Å². The van der Waals surface area contributed by atoms with E-state index in [4.69, 9.17) is 14.3 Å². The summed E-state index contributed by atoms with van der Waals surface area (Å²) in [6.45, 7) is 11.8. The third-order valence-corrected chi connectivity index (χ3v) is 3.95. The number of nitrogens with zero attached hydrogens (tertiary/aromatic N) is 1. The second-order valence-electron chi connectivity index (χ2n) is 9.39. The molecule has 0 aliphatic rings. The monoisotopic (exact) mass is 455 g/mol. The van der Waals surface area contributed by atoms with Gasteiger partial charge in [0.2, 0.25) is 0 Å². The number of carbonyl (C=O) groups excluding carboxylic acids is 2. The second-order valence-corrected chi connectivity index (χ2v) is 9.39. The smallest absolute Gasteiger partial charge is 0.442 e. The van der Waals surface area contributed by atoms with Crippen LogP contribution in [0, 0.1) is 17.7 Å². The van der Waals surface area contributed by atoms with Crippen molar-refractivity contribution >= 4 is 12.2 Å². The third-order valence-electron chi connectivity index (χ3n) is 3.95. The summed E-state index contributed by atoms with van der Waals surface area (Å²) in [6.07, 6.45) is -1.91. The molecule has 0 fully saturated rings. The van der Waals surface area contributed by atoms with E-state index in [-0.39, 0.29) is 5.82 Å². The Bertz CT molecular complexity index is 1040. The molecule has 1 amide bonds. The van der Waals surface area contributed by atoms with Crippen LogP contribution in [0.4, 0.5) is 14.0 Å². The molecule has 0 aromatic heterocycles.